The topological polar surface area (TPSA) is 30.5 Å². The molecule has 0 aromatic heterocycles. The summed E-state index contributed by atoms with van der Waals surface area (Å²) < 4.78 is 14.9. The van der Waals surface area contributed by atoms with Crippen LogP contribution in [-0.4, -0.2) is 31.6 Å². The lowest BCUT2D eigenvalue weighted by Gasteiger charge is -2.21. The summed E-state index contributed by atoms with van der Waals surface area (Å²) in [5.74, 6) is 0. The predicted molar refractivity (Wildman–Crippen MR) is 61.6 cm³/mol. The van der Waals surface area contributed by atoms with Crippen molar-refractivity contribution in [2.45, 2.75) is 39.8 Å². The van der Waals surface area contributed by atoms with Crippen LogP contribution < -0.4 is 4.65 Å². The van der Waals surface area contributed by atoms with Crippen LogP contribution in [0, 0.1) is 0 Å². The average Bonchev–Trinajstić information content (AvgIpc) is 2.16. The Balaban J connectivity index is 3.73. The maximum Gasteiger partial charge on any atom is 0.246 e. The van der Waals surface area contributed by atoms with Gasteiger partial charge in [0.1, 0.15) is 0 Å². The highest BCUT2D eigenvalue weighted by molar-refractivity contribution is 6.66. The van der Waals surface area contributed by atoms with Gasteiger partial charge in [0.25, 0.3) is 0 Å². The zero-order chi connectivity index (χ0) is 10.1. The first-order valence-corrected chi connectivity index (χ1v) is 9.00. The van der Waals surface area contributed by atoms with E-state index in [2.05, 4.69) is 32.3 Å². The standard InChI is InChI=1S/C8H23NO2Si2/c1-5-10-12(7-3)9-13(8-4)11-6-2/h9,12-13H,5-8H2,1-4H3. The summed E-state index contributed by atoms with van der Waals surface area (Å²) >= 11 is 0. The molecule has 3 nitrogen and oxygen atoms in total. The molecule has 80 valence electrons. The van der Waals surface area contributed by atoms with Crippen LogP contribution in [0.25, 0.3) is 0 Å². The minimum Gasteiger partial charge on any atom is -0.406 e. The Morgan fingerprint density at radius 1 is 0.846 bits per heavy atom. The minimum atomic E-state index is -1.13. The van der Waals surface area contributed by atoms with Gasteiger partial charge in [0, 0.05) is 13.2 Å². The fourth-order valence-electron chi connectivity index (χ4n) is 1.18. The van der Waals surface area contributed by atoms with Crippen molar-refractivity contribution in [2.75, 3.05) is 13.2 Å². The van der Waals surface area contributed by atoms with E-state index in [0.29, 0.717) is 0 Å². The highest BCUT2D eigenvalue weighted by Crippen LogP contribution is 1.95. The molecule has 2 unspecified atom stereocenters. The molecule has 0 fully saturated rings. The van der Waals surface area contributed by atoms with Gasteiger partial charge in [-0.2, -0.15) is 0 Å². The van der Waals surface area contributed by atoms with Gasteiger partial charge in [-0.1, -0.05) is 13.8 Å². The van der Waals surface area contributed by atoms with Crippen LogP contribution in [0.4, 0.5) is 0 Å². The lowest BCUT2D eigenvalue weighted by molar-refractivity contribution is 0.319. The van der Waals surface area contributed by atoms with Gasteiger partial charge in [-0.25, -0.2) is 0 Å². The molecule has 0 rings (SSSR count). The van der Waals surface area contributed by atoms with Gasteiger partial charge in [0.2, 0.25) is 18.4 Å². The molecule has 0 radical (unpaired) electrons. The minimum absolute atomic E-state index is 0.828. The van der Waals surface area contributed by atoms with E-state index in [1.54, 1.807) is 0 Å². The van der Waals surface area contributed by atoms with Crippen molar-refractivity contribution in [1.82, 2.24) is 4.65 Å². The van der Waals surface area contributed by atoms with Crippen molar-refractivity contribution in [2.24, 2.45) is 0 Å². The molecule has 0 saturated carbocycles. The first kappa shape index (κ1) is 13.3. The van der Waals surface area contributed by atoms with Crippen molar-refractivity contribution in [3.05, 3.63) is 0 Å². The second kappa shape index (κ2) is 8.89. The van der Waals surface area contributed by atoms with Gasteiger partial charge >= 0.3 is 0 Å². The monoisotopic (exact) mass is 221 g/mol. The molecular weight excluding hydrogens is 198 g/mol. The third-order valence-corrected chi connectivity index (χ3v) is 7.78. The third kappa shape index (κ3) is 6.39. The molecule has 0 amide bonds. The van der Waals surface area contributed by atoms with Gasteiger partial charge in [0.15, 0.2) is 0 Å². The summed E-state index contributed by atoms with van der Waals surface area (Å²) in [6.07, 6.45) is 0. The van der Waals surface area contributed by atoms with Gasteiger partial charge in [-0.05, 0) is 25.9 Å². The Morgan fingerprint density at radius 2 is 1.23 bits per heavy atom. The van der Waals surface area contributed by atoms with E-state index < -0.39 is 18.4 Å². The van der Waals surface area contributed by atoms with E-state index in [9.17, 15) is 0 Å². The molecule has 0 aliphatic heterocycles. The second-order valence-corrected chi connectivity index (χ2v) is 8.46. The Morgan fingerprint density at radius 3 is 1.46 bits per heavy atom. The lowest BCUT2D eigenvalue weighted by Crippen LogP contribution is -2.48. The zero-order valence-electron chi connectivity index (χ0n) is 9.30. The molecule has 0 aliphatic rings. The quantitative estimate of drug-likeness (QED) is 0.623. The van der Waals surface area contributed by atoms with Crippen LogP contribution in [-0.2, 0) is 8.85 Å². The normalized spacial score (nSPS) is 15.7. The molecule has 5 heteroatoms. The maximum absolute atomic E-state index is 5.65. The molecule has 0 heterocycles. The summed E-state index contributed by atoms with van der Waals surface area (Å²) in [6, 6.07) is 2.29. The SMILES string of the molecule is CCO[SiH](CC)N[SiH](CC)OCC. The first-order chi connectivity index (χ1) is 6.28. The van der Waals surface area contributed by atoms with Crippen LogP contribution in [0.2, 0.25) is 12.1 Å². The van der Waals surface area contributed by atoms with Gasteiger partial charge in [0.05, 0.1) is 0 Å². The Labute approximate surface area is 85.4 Å². The molecule has 0 aliphatic carbocycles. The molecule has 0 bridgehead atoms. The highest BCUT2D eigenvalue weighted by Gasteiger charge is 2.16. The second-order valence-electron chi connectivity index (χ2n) is 2.87. The third-order valence-electron chi connectivity index (χ3n) is 1.85. The molecule has 1 N–H and O–H groups in total. The van der Waals surface area contributed by atoms with Crippen LogP contribution in [0.1, 0.15) is 27.7 Å². The van der Waals surface area contributed by atoms with Crippen LogP contribution >= 0.6 is 0 Å². The largest absolute Gasteiger partial charge is 0.406 e. The number of nitrogens with one attached hydrogen (secondary N) is 1. The highest BCUT2D eigenvalue weighted by atomic mass is 28.4. The Hall–Kier alpha value is 0.314. The summed E-state index contributed by atoms with van der Waals surface area (Å²) in [5, 5.41) is 0. The van der Waals surface area contributed by atoms with Gasteiger partial charge in [-0.3, -0.25) is 0 Å². The van der Waals surface area contributed by atoms with Crippen molar-refractivity contribution in [3.8, 4) is 0 Å². The Kier molecular flexibility index (Phi) is 9.11. The van der Waals surface area contributed by atoms with Gasteiger partial charge in [-0.15, -0.1) is 0 Å². The van der Waals surface area contributed by atoms with Crippen molar-refractivity contribution in [3.63, 3.8) is 0 Å². The van der Waals surface area contributed by atoms with E-state index in [4.69, 9.17) is 8.85 Å². The molecule has 0 aromatic rings. The Bertz CT molecular complexity index is 104. The molecule has 0 saturated heterocycles. The van der Waals surface area contributed by atoms with Crippen molar-refractivity contribution in [1.29, 1.82) is 0 Å². The number of hydrogen-bond acceptors (Lipinski definition) is 3. The van der Waals surface area contributed by atoms with Gasteiger partial charge < -0.3 is 13.5 Å². The summed E-state index contributed by atoms with van der Waals surface area (Å²) in [4.78, 5) is 0. The predicted octanol–water partition coefficient (Wildman–Crippen LogP) is 1.13. The maximum atomic E-state index is 5.65. The fourth-order valence-corrected chi connectivity index (χ4v) is 6.77. The molecule has 13 heavy (non-hydrogen) atoms. The van der Waals surface area contributed by atoms with E-state index in [-0.39, 0.29) is 0 Å². The number of hydrogen-bond donors (Lipinski definition) is 1. The summed E-state index contributed by atoms with van der Waals surface area (Å²) in [7, 11) is -2.27. The van der Waals surface area contributed by atoms with Crippen LogP contribution in [0.5, 0.6) is 0 Å². The zero-order valence-corrected chi connectivity index (χ0v) is 11.6. The van der Waals surface area contributed by atoms with E-state index in [0.717, 1.165) is 25.3 Å². The van der Waals surface area contributed by atoms with Crippen molar-refractivity contribution >= 4 is 18.4 Å². The van der Waals surface area contributed by atoms with Crippen LogP contribution in [0.15, 0.2) is 0 Å². The molecular formula is C8H23NO2Si2. The summed E-state index contributed by atoms with van der Waals surface area (Å²) in [6.45, 7) is 10.1. The van der Waals surface area contributed by atoms with E-state index in [1.165, 1.54) is 0 Å². The fraction of sp³-hybridized carbons (Fsp3) is 1.00. The summed E-state index contributed by atoms with van der Waals surface area (Å²) in [5.41, 5.74) is 0. The molecule has 2 atom stereocenters. The van der Waals surface area contributed by atoms with E-state index in [1.807, 2.05) is 0 Å². The van der Waals surface area contributed by atoms with Crippen LogP contribution in [0.3, 0.4) is 0 Å². The lowest BCUT2D eigenvalue weighted by atomic mass is 10.9. The molecule has 0 spiro atoms. The number of rotatable bonds is 8. The average molecular weight is 221 g/mol. The van der Waals surface area contributed by atoms with E-state index >= 15 is 0 Å². The van der Waals surface area contributed by atoms with Crippen molar-refractivity contribution < 1.29 is 8.85 Å². The molecule has 0 aromatic carbocycles. The first-order valence-electron chi connectivity index (χ1n) is 5.27. The smallest absolute Gasteiger partial charge is 0.246 e.